The van der Waals surface area contributed by atoms with Crippen molar-refractivity contribution in [1.82, 2.24) is 16.0 Å². The van der Waals surface area contributed by atoms with Gasteiger partial charge in [0.1, 0.15) is 6.04 Å². The average molecular weight is 436 g/mol. The van der Waals surface area contributed by atoms with E-state index in [4.69, 9.17) is 10.5 Å². The summed E-state index contributed by atoms with van der Waals surface area (Å²) in [6, 6.07) is 5.63. The van der Waals surface area contributed by atoms with Crippen LogP contribution in [-0.4, -0.2) is 49.6 Å². The maximum absolute atomic E-state index is 12.9. The van der Waals surface area contributed by atoms with Crippen molar-refractivity contribution in [2.75, 3.05) is 19.0 Å². The summed E-state index contributed by atoms with van der Waals surface area (Å²) in [4.78, 5) is 36.7. The molecule has 1 aromatic rings. The third-order valence-electron chi connectivity index (χ3n) is 4.60. The number of nitrogens with one attached hydrogen (secondary N) is 4. The molecule has 0 aromatic heterocycles. The number of benzene rings is 1. The van der Waals surface area contributed by atoms with Crippen LogP contribution in [0.5, 0.6) is 0 Å². The Morgan fingerprint density at radius 2 is 1.68 bits per heavy atom. The molecule has 9 heteroatoms. The molecule has 0 saturated carbocycles. The molecule has 0 aliphatic rings. The molecule has 0 aliphatic heterocycles. The SMILES string of the molecule is COCc1ccc(NC(=O)[C@H](CCCNC(N)=O)NC(=O)[C@@H](NC(C)C)C(C)C)cc1. The van der Waals surface area contributed by atoms with E-state index >= 15 is 0 Å². The highest BCUT2D eigenvalue weighted by atomic mass is 16.5. The Hall–Kier alpha value is -2.65. The molecule has 0 aliphatic carbocycles. The standard InChI is InChI=1S/C22H37N5O4/c1-14(2)19(25-15(3)4)21(29)27-18(7-6-12-24-22(23)30)20(28)26-17-10-8-16(9-11-17)13-31-5/h8-11,14-15,18-19,25H,6-7,12-13H2,1-5H3,(H,26,28)(H,27,29)(H3,23,24,30)/t18-,19-/m0/s1. The zero-order valence-corrected chi connectivity index (χ0v) is 19.2. The maximum atomic E-state index is 12.9. The van der Waals surface area contributed by atoms with Gasteiger partial charge in [0, 0.05) is 25.4 Å². The van der Waals surface area contributed by atoms with Crippen LogP contribution in [0.1, 0.15) is 46.1 Å². The largest absolute Gasteiger partial charge is 0.380 e. The quantitative estimate of drug-likeness (QED) is 0.301. The highest BCUT2D eigenvalue weighted by molar-refractivity contribution is 5.97. The number of urea groups is 1. The molecule has 0 heterocycles. The third kappa shape index (κ3) is 10.3. The van der Waals surface area contributed by atoms with Crippen molar-refractivity contribution in [3.05, 3.63) is 29.8 Å². The van der Waals surface area contributed by atoms with E-state index in [9.17, 15) is 14.4 Å². The summed E-state index contributed by atoms with van der Waals surface area (Å²) in [5.74, 6) is -0.503. The van der Waals surface area contributed by atoms with Gasteiger partial charge in [-0.1, -0.05) is 39.8 Å². The first-order chi connectivity index (χ1) is 14.6. The fraction of sp³-hybridized carbons (Fsp3) is 0.591. The summed E-state index contributed by atoms with van der Waals surface area (Å²) in [5.41, 5.74) is 6.70. The molecule has 9 nitrogen and oxygen atoms in total. The van der Waals surface area contributed by atoms with E-state index in [1.54, 1.807) is 19.2 Å². The fourth-order valence-electron chi connectivity index (χ4n) is 3.06. The van der Waals surface area contributed by atoms with Crippen molar-refractivity contribution in [1.29, 1.82) is 0 Å². The maximum Gasteiger partial charge on any atom is 0.312 e. The van der Waals surface area contributed by atoms with Crippen LogP contribution in [0.4, 0.5) is 10.5 Å². The number of ether oxygens (including phenoxy) is 1. The van der Waals surface area contributed by atoms with E-state index in [2.05, 4.69) is 21.3 Å². The second kappa shape index (κ2) is 13.6. The molecule has 0 fully saturated rings. The topological polar surface area (TPSA) is 135 Å². The molecule has 0 spiro atoms. The molecule has 0 saturated heterocycles. The average Bonchev–Trinajstić information content (AvgIpc) is 2.69. The van der Waals surface area contributed by atoms with Gasteiger partial charge in [0.05, 0.1) is 12.6 Å². The Bertz CT molecular complexity index is 706. The summed E-state index contributed by atoms with van der Waals surface area (Å²) in [5, 5.41) is 11.5. The van der Waals surface area contributed by atoms with E-state index < -0.39 is 18.1 Å². The van der Waals surface area contributed by atoms with Crippen molar-refractivity contribution >= 4 is 23.5 Å². The second-order valence-corrected chi connectivity index (χ2v) is 8.16. The van der Waals surface area contributed by atoms with Crippen molar-refractivity contribution in [3.63, 3.8) is 0 Å². The first-order valence-corrected chi connectivity index (χ1v) is 10.6. The van der Waals surface area contributed by atoms with Gasteiger partial charge in [-0.2, -0.15) is 0 Å². The number of anilines is 1. The van der Waals surface area contributed by atoms with E-state index in [0.29, 0.717) is 31.7 Å². The Kier molecular flexibility index (Phi) is 11.6. The van der Waals surface area contributed by atoms with Crippen LogP contribution in [-0.2, 0) is 20.9 Å². The lowest BCUT2D eigenvalue weighted by Gasteiger charge is -2.27. The van der Waals surface area contributed by atoms with Crippen LogP contribution in [0.2, 0.25) is 0 Å². The van der Waals surface area contributed by atoms with Crippen LogP contribution in [0.25, 0.3) is 0 Å². The minimum absolute atomic E-state index is 0.0518. The Morgan fingerprint density at radius 3 is 2.19 bits per heavy atom. The lowest BCUT2D eigenvalue weighted by atomic mass is 10.0. The Labute approximate surface area is 184 Å². The number of hydrogen-bond acceptors (Lipinski definition) is 5. The molecule has 31 heavy (non-hydrogen) atoms. The molecule has 1 rings (SSSR count). The summed E-state index contributed by atoms with van der Waals surface area (Å²) in [6.07, 6.45) is 0.837. The number of nitrogens with two attached hydrogens (primary N) is 1. The van der Waals surface area contributed by atoms with Crippen LogP contribution >= 0.6 is 0 Å². The number of primary amides is 1. The van der Waals surface area contributed by atoms with Gasteiger partial charge >= 0.3 is 6.03 Å². The van der Waals surface area contributed by atoms with Crippen LogP contribution in [0, 0.1) is 5.92 Å². The van der Waals surface area contributed by atoms with Gasteiger partial charge in [0.2, 0.25) is 11.8 Å². The number of carbonyl (C=O) groups is 3. The second-order valence-electron chi connectivity index (χ2n) is 8.16. The van der Waals surface area contributed by atoms with Crippen molar-refractivity contribution in [2.24, 2.45) is 11.7 Å². The summed E-state index contributed by atoms with van der Waals surface area (Å²) in [7, 11) is 1.62. The van der Waals surface area contributed by atoms with E-state index in [-0.39, 0.29) is 23.8 Å². The predicted octanol–water partition coefficient (Wildman–Crippen LogP) is 1.73. The number of methoxy groups -OCH3 is 1. The highest BCUT2D eigenvalue weighted by Gasteiger charge is 2.27. The van der Waals surface area contributed by atoms with Gasteiger partial charge in [0.25, 0.3) is 0 Å². The molecule has 1 aromatic carbocycles. The van der Waals surface area contributed by atoms with Crippen LogP contribution in [0.15, 0.2) is 24.3 Å². The minimum atomic E-state index is -0.754. The molecule has 2 atom stereocenters. The van der Waals surface area contributed by atoms with E-state index in [0.717, 1.165) is 5.56 Å². The van der Waals surface area contributed by atoms with Gasteiger partial charge in [-0.05, 0) is 36.5 Å². The molecule has 0 radical (unpaired) electrons. The molecule has 0 bridgehead atoms. The van der Waals surface area contributed by atoms with Gasteiger partial charge in [0.15, 0.2) is 0 Å². The van der Waals surface area contributed by atoms with E-state index in [1.165, 1.54) is 0 Å². The third-order valence-corrected chi connectivity index (χ3v) is 4.60. The number of hydrogen-bond donors (Lipinski definition) is 5. The van der Waals surface area contributed by atoms with Crippen molar-refractivity contribution < 1.29 is 19.1 Å². The lowest BCUT2D eigenvalue weighted by molar-refractivity contribution is -0.129. The fourth-order valence-corrected chi connectivity index (χ4v) is 3.06. The molecule has 0 unspecified atom stereocenters. The lowest BCUT2D eigenvalue weighted by Crippen LogP contribution is -2.54. The first kappa shape index (κ1) is 26.4. The number of amides is 4. The molecule has 4 amide bonds. The normalized spacial score (nSPS) is 13.0. The zero-order chi connectivity index (χ0) is 23.4. The molecular formula is C22H37N5O4. The zero-order valence-electron chi connectivity index (χ0n) is 19.2. The monoisotopic (exact) mass is 435 g/mol. The van der Waals surface area contributed by atoms with Gasteiger partial charge in [-0.3, -0.25) is 9.59 Å². The highest BCUT2D eigenvalue weighted by Crippen LogP contribution is 2.12. The summed E-state index contributed by atoms with van der Waals surface area (Å²) < 4.78 is 5.09. The smallest absolute Gasteiger partial charge is 0.312 e. The first-order valence-electron chi connectivity index (χ1n) is 10.6. The van der Waals surface area contributed by atoms with Crippen molar-refractivity contribution in [3.8, 4) is 0 Å². The molecule has 174 valence electrons. The number of rotatable bonds is 13. The Balaban J connectivity index is 2.86. The van der Waals surface area contributed by atoms with Gasteiger partial charge in [-0.15, -0.1) is 0 Å². The van der Waals surface area contributed by atoms with Crippen LogP contribution in [0.3, 0.4) is 0 Å². The minimum Gasteiger partial charge on any atom is -0.380 e. The van der Waals surface area contributed by atoms with Gasteiger partial charge in [-0.25, -0.2) is 4.79 Å². The van der Waals surface area contributed by atoms with Gasteiger partial charge < -0.3 is 31.7 Å². The van der Waals surface area contributed by atoms with Crippen molar-refractivity contribution in [2.45, 2.75) is 65.3 Å². The van der Waals surface area contributed by atoms with Crippen LogP contribution < -0.4 is 27.0 Å². The number of carbonyl (C=O) groups excluding carboxylic acids is 3. The van der Waals surface area contributed by atoms with E-state index in [1.807, 2.05) is 39.8 Å². The predicted molar refractivity (Wildman–Crippen MR) is 121 cm³/mol. The summed E-state index contributed by atoms with van der Waals surface area (Å²) >= 11 is 0. The Morgan fingerprint density at radius 1 is 1.03 bits per heavy atom. The molecular weight excluding hydrogens is 398 g/mol. The summed E-state index contributed by atoms with van der Waals surface area (Å²) in [6.45, 7) is 8.64. The molecule has 6 N–H and O–H groups in total.